The van der Waals surface area contributed by atoms with Gasteiger partial charge < -0.3 is 5.32 Å². The van der Waals surface area contributed by atoms with Crippen LogP contribution in [-0.4, -0.2) is 12.3 Å². The molecule has 3 aromatic rings. The Balaban J connectivity index is 1.52. The number of nitrogens with one attached hydrogen (secondary N) is 1. The third-order valence-corrected chi connectivity index (χ3v) is 4.81. The van der Waals surface area contributed by atoms with Crippen molar-refractivity contribution in [3.63, 3.8) is 0 Å². The van der Waals surface area contributed by atoms with Gasteiger partial charge in [-0.1, -0.05) is 18.2 Å². The van der Waals surface area contributed by atoms with E-state index < -0.39 is 0 Å². The highest BCUT2D eigenvalue weighted by Gasteiger charge is 1.97. The topological polar surface area (TPSA) is 12.0 Å². The van der Waals surface area contributed by atoms with Crippen molar-refractivity contribution in [1.29, 1.82) is 0 Å². The number of benzene rings is 2. The van der Waals surface area contributed by atoms with E-state index in [4.69, 9.17) is 0 Å². The molecule has 0 saturated carbocycles. The van der Waals surface area contributed by atoms with Crippen molar-refractivity contribution in [2.24, 2.45) is 0 Å². The van der Waals surface area contributed by atoms with Crippen molar-refractivity contribution in [3.8, 4) is 0 Å². The molecule has 1 aromatic heterocycles. The second kappa shape index (κ2) is 6.13. The maximum Gasteiger partial charge on any atom is 0.0347 e. The van der Waals surface area contributed by atoms with E-state index in [1.807, 2.05) is 11.8 Å². The van der Waals surface area contributed by atoms with Crippen molar-refractivity contribution < 1.29 is 0 Å². The molecule has 0 aliphatic rings. The number of thioether (sulfide) groups is 1. The highest BCUT2D eigenvalue weighted by molar-refractivity contribution is 7.99. The first-order valence-corrected chi connectivity index (χ1v) is 8.17. The first-order valence-electron chi connectivity index (χ1n) is 6.31. The summed E-state index contributed by atoms with van der Waals surface area (Å²) in [7, 11) is 0. The Morgan fingerprint density at radius 1 is 1.00 bits per heavy atom. The van der Waals surface area contributed by atoms with Gasteiger partial charge in [0.15, 0.2) is 0 Å². The van der Waals surface area contributed by atoms with Crippen LogP contribution in [0.25, 0.3) is 10.1 Å². The lowest BCUT2D eigenvalue weighted by Crippen LogP contribution is -2.03. The van der Waals surface area contributed by atoms with Gasteiger partial charge in [0.1, 0.15) is 0 Å². The summed E-state index contributed by atoms with van der Waals surface area (Å²) in [4.78, 5) is 1.33. The summed E-state index contributed by atoms with van der Waals surface area (Å²) in [6.07, 6.45) is 0. The quantitative estimate of drug-likeness (QED) is 0.516. The Hall–Kier alpha value is -1.45. The molecule has 19 heavy (non-hydrogen) atoms. The third-order valence-electron chi connectivity index (χ3n) is 2.90. The molecule has 1 heterocycles. The molecule has 2 aromatic carbocycles. The first-order chi connectivity index (χ1) is 9.42. The van der Waals surface area contributed by atoms with Crippen LogP contribution in [-0.2, 0) is 0 Å². The standard InChI is InChI=1S/C16H15NS2/c1-2-4-15(5-3-1)18-11-9-17-14-6-7-16-13(12-14)8-10-19-16/h1-8,10,12,17H,9,11H2. The van der Waals surface area contributed by atoms with Gasteiger partial charge in [-0.15, -0.1) is 23.1 Å². The van der Waals surface area contributed by atoms with Gasteiger partial charge in [0, 0.05) is 27.6 Å². The maximum absolute atomic E-state index is 3.48. The van der Waals surface area contributed by atoms with Crippen LogP contribution in [0.5, 0.6) is 0 Å². The highest BCUT2D eigenvalue weighted by atomic mass is 32.2. The van der Waals surface area contributed by atoms with Crippen molar-refractivity contribution in [2.45, 2.75) is 4.90 Å². The van der Waals surface area contributed by atoms with Crippen molar-refractivity contribution in [3.05, 3.63) is 60.0 Å². The minimum absolute atomic E-state index is 0.981. The molecule has 3 rings (SSSR count). The van der Waals surface area contributed by atoms with Gasteiger partial charge in [-0.25, -0.2) is 0 Å². The van der Waals surface area contributed by atoms with Gasteiger partial charge in [-0.3, -0.25) is 0 Å². The summed E-state index contributed by atoms with van der Waals surface area (Å²) >= 11 is 3.67. The Labute approximate surface area is 121 Å². The molecule has 0 radical (unpaired) electrons. The van der Waals surface area contributed by atoms with E-state index in [0.717, 1.165) is 12.3 Å². The molecule has 0 aliphatic carbocycles. The average Bonchev–Trinajstić information content (AvgIpc) is 2.92. The number of hydrogen-bond donors (Lipinski definition) is 1. The average molecular weight is 285 g/mol. The van der Waals surface area contributed by atoms with Crippen LogP contribution >= 0.6 is 23.1 Å². The lowest BCUT2D eigenvalue weighted by atomic mass is 10.2. The number of thiophene rings is 1. The second-order valence-electron chi connectivity index (χ2n) is 4.26. The zero-order chi connectivity index (χ0) is 12.9. The molecular formula is C16H15NS2. The maximum atomic E-state index is 3.48. The van der Waals surface area contributed by atoms with Gasteiger partial charge in [-0.05, 0) is 47.2 Å². The van der Waals surface area contributed by atoms with Crippen LogP contribution in [0.3, 0.4) is 0 Å². The molecule has 0 saturated heterocycles. The SMILES string of the molecule is c1ccc(SCCNc2ccc3sccc3c2)cc1. The van der Waals surface area contributed by atoms with Crippen LogP contribution < -0.4 is 5.32 Å². The largest absolute Gasteiger partial charge is 0.384 e. The summed E-state index contributed by atoms with van der Waals surface area (Å²) in [5.41, 5.74) is 1.21. The van der Waals surface area contributed by atoms with E-state index in [-0.39, 0.29) is 0 Å². The van der Waals surface area contributed by atoms with E-state index in [1.165, 1.54) is 20.7 Å². The zero-order valence-corrected chi connectivity index (χ0v) is 12.1. The monoisotopic (exact) mass is 285 g/mol. The van der Waals surface area contributed by atoms with Crippen molar-refractivity contribution in [2.75, 3.05) is 17.6 Å². The number of anilines is 1. The van der Waals surface area contributed by atoms with Crippen molar-refractivity contribution in [1.82, 2.24) is 0 Å². The van der Waals surface area contributed by atoms with Gasteiger partial charge in [0.05, 0.1) is 0 Å². The van der Waals surface area contributed by atoms with E-state index in [2.05, 4.69) is 65.3 Å². The molecule has 1 nitrogen and oxygen atoms in total. The minimum Gasteiger partial charge on any atom is -0.384 e. The lowest BCUT2D eigenvalue weighted by Gasteiger charge is -2.06. The van der Waals surface area contributed by atoms with Crippen LogP contribution in [0.1, 0.15) is 0 Å². The van der Waals surface area contributed by atoms with Gasteiger partial charge in [-0.2, -0.15) is 0 Å². The molecule has 0 amide bonds. The van der Waals surface area contributed by atoms with E-state index in [9.17, 15) is 0 Å². The molecule has 0 bridgehead atoms. The summed E-state index contributed by atoms with van der Waals surface area (Å²) < 4.78 is 1.35. The number of fused-ring (bicyclic) bond motifs is 1. The highest BCUT2D eigenvalue weighted by Crippen LogP contribution is 2.24. The van der Waals surface area contributed by atoms with Crippen molar-refractivity contribution >= 4 is 38.9 Å². The summed E-state index contributed by atoms with van der Waals surface area (Å²) in [6.45, 7) is 0.981. The van der Waals surface area contributed by atoms with E-state index in [1.54, 1.807) is 11.3 Å². The fourth-order valence-corrected chi connectivity index (χ4v) is 3.52. The van der Waals surface area contributed by atoms with Gasteiger partial charge >= 0.3 is 0 Å². The Morgan fingerprint density at radius 2 is 1.89 bits per heavy atom. The molecule has 0 spiro atoms. The fraction of sp³-hybridized carbons (Fsp3) is 0.125. The Morgan fingerprint density at radius 3 is 2.79 bits per heavy atom. The van der Waals surface area contributed by atoms with Crippen LogP contribution in [0, 0.1) is 0 Å². The molecule has 96 valence electrons. The Kier molecular flexibility index (Phi) is 4.06. The third kappa shape index (κ3) is 3.31. The molecule has 0 fully saturated rings. The molecule has 3 heteroatoms. The van der Waals surface area contributed by atoms with Crippen LogP contribution in [0.4, 0.5) is 5.69 Å². The zero-order valence-electron chi connectivity index (χ0n) is 10.5. The number of hydrogen-bond acceptors (Lipinski definition) is 3. The smallest absolute Gasteiger partial charge is 0.0347 e. The van der Waals surface area contributed by atoms with E-state index in [0.29, 0.717) is 0 Å². The predicted octanol–water partition coefficient (Wildman–Crippen LogP) is 5.11. The van der Waals surface area contributed by atoms with Gasteiger partial charge in [0.25, 0.3) is 0 Å². The summed E-state index contributed by atoms with van der Waals surface area (Å²) in [6, 6.07) is 19.3. The Bertz CT molecular complexity index is 646. The number of rotatable bonds is 5. The molecule has 0 atom stereocenters. The predicted molar refractivity (Wildman–Crippen MR) is 87.5 cm³/mol. The summed E-state index contributed by atoms with van der Waals surface area (Å²) in [5.74, 6) is 1.08. The normalized spacial score (nSPS) is 10.7. The van der Waals surface area contributed by atoms with E-state index >= 15 is 0 Å². The van der Waals surface area contributed by atoms with Crippen LogP contribution in [0.15, 0.2) is 64.9 Å². The first kappa shape index (κ1) is 12.6. The molecule has 0 aliphatic heterocycles. The lowest BCUT2D eigenvalue weighted by molar-refractivity contribution is 1.23. The molecular weight excluding hydrogens is 270 g/mol. The fourth-order valence-electron chi connectivity index (χ4n) is 1.96. The second-order valence-corrected chi connectivity index (χ2v) is 6.38. The van der Waals surface area contributed by atoms with Gasteiger partial charge in [0.2, 0.25) is 0 Å². The summed E-state index contributed by atoms with van der Waals surface area (Å²) in [5, 5.41) is 6.94. The molecule has 1 N–H and O–H groups in total. The minimum atomic E-state index is 0.981. The van der Waals surface area contributed by atoms with Crippen LogP contribution in [0.2, 0.25) is 0 Å². The molecule has 0 unspecified atom stereocenters.